The molecule has 70 valence electrons. The summed E-state index contributed by atoms with van der Waals surface area (Å²) >= 11 is 0. The van der Waals surface area contributed by atoms with Crippen molar-refractivity contribution in [1.82, 2.24) is 10.2 Å². The van der Waals surface area contributed by atoms with E-state index in [0.29, 0.717) is 12.6 Å². The number of nitrogens with one attached hydrogen (secondary N) is 1. The van der Waals surface area contributed by atoms with Gasteiger partial charge in [0.2, 0.25) is 0 Å². The maximum absolute atomic E-state index is 10.5. The monoisotopic (exact) mass is 172 g/mol. The van der Waals surface area contributed by atoms with Crippen molar-refractivity contribution in [2.24, 2.45) is 0 Å². The number of hydrogen-bond donors (Lipinski definition) is 2. The van der Waals surface area contributed by atoms with Gasteiger partial charge in [-0.25, -0.2) is 4.79 Å². The third-order valence-electron chi connectivity index (χ3n) is 2.15. The largest absolute Gasteiger partial charge is 0.465 e. The van der Waals surface area contributed by atoms with Crippen molar-refractivity contribution < 1.29 is 9.90 Å². The average Bonchev–Trinajstić information content (AvgIpc) is 1.82. The van der Waals surface area contributed by atoms with Crippen molar-refractivity contribution >= 4 is 6.09 Å². The second-order valence-electron chi connectivity index (χ2n) is 3.48. The Labute approximate surface area is 72.6 Å². The van der Waals surface area contributed by atoms with Crippen molar-refractivity contribution in [3.05, 3.63) is 0 Å². The van der Waals surface area contributed by atoms with Crippen molar-refractivity contribution in [3.63, 3.8) is 0 Å². The summed E-state index contributed by atoms with van der Waals surface area (Å²) in [5.74, 6) is 0. The number of carbonyl (C=O) groups is 1. The third-order valence-corrected chi connectivity index (χ3v) is 2.15. The maximum atomic E-state index is 10.5. The van der Waals surface area contributed by atoms with Crippen LogP contribution in [0.5, 0.6) is 0 Å². The van der Waals surface area contributed by atoms with Crippen molar-refractivity contribution in [1.29, 1.82) is 0 Å². The molecule has 4 nitrogen and oxygen atoms in total. The lowest BCUT2D eigenvalue weighted by atomic mass is 10.0. The minimum absolute atomic E-state index is 0.199. The van der Waals surface area contributed by atoms with Crippen LogP contribution in [0.15, 0.2) is 0 Å². The number of amides is 1. The van der Waals surface area contributed by atoms with Gasteiger partial charge in [0.15, 0.2) is 0 Å². The van der Waals surface area contributed by atoms with Gasteiger partial charge < -0.3 is 15.3 Å². The molecular formula is C8H16N2O2. The highest BCUT2D eigenvalue weighted by Gasteiger charge is 2.31. The summed E-state index contributed by atoms with van der Waals surface area (Å²) in [5, 5.41) is 11.9. The van der Waals surface area contributed by atoms with E-state index in [1.54, 1.807) is 0 Å². The van der Waals surface area contributed by atoms with Crippen molar-refractivity contribution in [3.8, 4) is 0 Å². The molecule has 1 amide bonds. The summed E-state index contributed by atoms with van der Waals surface area (Å²) in [5.41, 5.74) is 0. The Morgan fingerprint density at radius 2 is 2.42 bits per heavy atom. The van der Waals surface area contributed by atoms with Crippen LogP contribution >= 0.6 is 0 Å². The lowest BCUT2D eigenvalue weighted by Crippen LogP contribution is -2.55. The molecule has 1 aliphatic heterocycles. The lowest BCUT2D eigenvalue weighted by molar-refractivity contribution is 0.0743. The van der Waals surface area contributed by atoms with Gasteiger partial charge >= 0.3 is 6.09 Å². The molecule has 0 aromatic heterocycles. The Balaban J connectivity index is 2.21. The summed E-state index contributed by atoms with van der Waals surface area (Å²) in [7, 11) is 0. The van der Waals surface area contributed by atoms with E-state index in [-0.39, 0.29) is 6.04 Å². The number of carboxylic acid groups (broad SMARTS) is 1. The van der Waals surface area contributed by atoms with E-state index < -0.39 is 6.09 Å². The highest BCUT2D eigenvalue weighted by molar-refractivity contribution is 5.66. The molecule has 0 unspecified atom stereocenters. The Kier molecular flexibility index (Phi) is 2.92. The first-order valence-corrected chi connectivity index (χ1v) is 4.34. The van der Waals surface area contributed by atoms with Crippen LogP contribution in [-0.2, 0) is 0 Å². The zero-order valence-corrected chi connectivity index (χ0v) is 7.58. The molecule has 0 spiro atoms. The van der Waals surface area contributed by atoms with Gasteiger partial charge in [0.25, 0.3) is 0 Å². The fourth-order valence-corrected chi connectivity index (χ4v) is 1.28. The molecule has 1 heterocycles. The van der Waals surface area contributed by atoms with Gasteiger partial charge in [0.05, 0.1) is 0 Å². The van der Waals surface area contributed by atoms with Crippen LogP contribution in [0, 0.1) is 0 Å². The topological polar surface area (TPSA) is 52.6 Å². The number of nitrogens with zero attached hydrogens (tertiary/aromatic N) is 1. The van der Waals surface area contributed by atoms with Crippen LogP contribution in [0.2, 0.25) is 0 Å². The molecule has 12 heavy (non-hydrogen) atoms. The standard InChI is InChI=1S/C8H16N2O2/c1-6(2)9-5-7-3-4-10(7)8(11)12/h6-7,9H,3-5H2,1-2H3,(H,11,12)/t7-/m0/s1. The SMILES string of the molecule is CC(C)NC[C@@H]1CCN1C(=O)O. The average molecular weight is 172 g/mol. The molecule has 0 aromatic carbocycles. The molecule has 1 saturated heterocycles. The first-order chi connectivity index (χ1) is 5.61. The van der Waals surface area contributed by atoms with E-state index >= 15 is 0 Å². The minimum Gasteiger partial charge on any atom is -0.465 e. The molecule has 1 aliphatic rings. The highest BCUT2D eigenvalue weighted by atomic mass is 16.4. The van der Waals surface area contributed by atoms with E-state index in [1.165, 1.54) is 4.90 Å². The summed E-state index contributed by atoms with van der Waals surface area (Å²) in [6.07, 6.45) is 0.197. The van der Waals surface area contributed by atoms with Crippen LogP contribution in [0.25, 0.3) is 0 Å². The lowest BCUT2D eigenvalue weighted by Gasteiger charge is -2.39. The summed E-state index contributed by atoms with van der Waals surface area (Å²) in [6.45, 7) is 5.59. The smallest absolute Gasteiger partial charge is 0.407 e. The summed E-state index contributed by atoms with van der Waals surface area (Å²) < 4.78 is 0. The minimum atomic E-state index is -0.795. The van der Waals surface area contributed by atoms with Gasteiger partial charge in [-0.3, -0.25) is 0 Å². The Morgan fingerprint density at radius 1 is 1.75 bits per heavy atom. The van der Waals surface area contributed by atoms with Crippen LogP contribution in [-0.4, -0.2) is 41.3 Å². The summed E-state index contributed by atoms with van der Waals surface area (Å²) in [6, 6.07) is 0.631. The fraction of sp³-hybridized carbons (Fsp3) is 0.875. The van der Waals surface area contributed by atoms with Crippen LogP contribution in [0.3, 0.4) is 0 Å². The van der Waals surface area contributed by atoms with E-state index in [9.17, 15) is 4.79 Å². The normalized spacial score (nSPS) is 22.6. The quantitative estimate of drug-likeness (QED) is 0.660. The van der Waals surface area contributed by atoms with Crippen LogP contribution in [0.4, 0.5) is 4.79 Å². The molecule has 0 bridgehead atoms. The van der Waals surface area contributed by atoms with Gasteiger partial charge in [0, 0.05) is 25.2 Å². The predicted octanol–water partition coefficient (Wildman–Crippen LogP) is 0.737. The third kappa shape index (κ3) is 2.11. The molecule has 0 aliphatic carbocycles. The Hall–Kier alpha value is -0.770. The van der Waals surface area contributed by atoms with Gasteiger partial charge in [0.1, 0.15) is 0 Å². The first kappa shape index (κ1) is 9.32. The molecule has 1 atom stereocenters. The van der Waals surface area contributed by atoms with Gasteiger partial charge in [-0.15, -0.1) is 0 Å². The van der Waals surface area contributed by atoms with Crippen molar-refractivity contribution in [2.75, 3.05) is 13.1 Å². The predicted molar refractivity (Wildman–Crippen MR) is 46.3 cm³/mol. The van der Waals surface area contributed by atoms with E-state index in [0.717, 1.165) is 13.0 Å². The second kappa shape index (κ2) is 3.76. The molecule has 2 N–H and O–H groups in total. The summed E-state index contributed by atoms with van der Waals surface area (Å²) in [4.78, 5) is 12.0. The molecule has 0 radical (unpaired) electrons. The van der Waals surface area contributed by atoms with E-state index in [1.807, 2.05) is 0 Å². The first-order valence-electron chi connectivity index (χ1n) is 4.34. The molecule has 0 aromatic rings. The molecular weight excluding hydrogens is 156 g/mol. The van der Waals surface area contributed by atoms with E-state index in [4.69, 9.17) is 5.11 Å². The van der Waals surface area contributed by atoms with Crippen LogP contribution < -0.4 is 5.32 Å². The molecule has 4 heteroatoms. The van der Waals surface area contributed by atoms with Gasteiger partial charge in [-0.1, -0.05) is 13.8 Å². The highest BCUT2D eigenvalue weighted by Crippen LogP contribution is 2.16. The van der Waals surface area contributed by atoms with Gasteiger partial charge in [-0.2, -0.15) is 0 Å². The van der Waals surface area contributed by atoms with Crippen LogP contribution in [0.1, 0.15) is 20.3 Å². The fourth-order valence-electron chi connectivity index (χ4n) is 1.28. The molecule has 1 rings (SSSR count). The Bertz CT molecular complexity index is 170. The number of likely N-dealkylation sites (tertiary alicyclic amines) is 1. The Morgan fingerprint density at radius 3 is 2.75 bits per heavy atom. The van der Waals surface area contributed by atoms with E-state index in [2.05, 4.69) is 19.2 Å². The number of hydrogen-bond acceptors (Lipinski definition) is 2. The number of rotatable bonds is 3. The van der Waals surface area contributed by atoms with Gasteiger partial charge in [-0.05, 0) is 6.42 Å². The zero-order chi connectivity index (χ0) is 9.14. The second-order valence-corrected chi connectivity index (χ2v) is 3.48. The molecule has 1 fully saturated rings. The zero-order valence-electron chi connectivity index (χ0n) is 7.58. The maximum Gasteiger partial charge on any atom is 0.407 e. The molecule has 0 saturated carbocycles. The van der Waals surface area contributed by atoms with Crippen molar-refractivity contribution in [2.45, 2.75) is 32.4 Å².